The summed E-state index contributed by atoms with van der Waals surface area (Å²) in [5, 5.41) is 19.6. The van der Waals surface area contributed by atoms with Crippen molar-refractivity contribution >= 4 is 26.7 Å². The zero-order valence-electron chi connectivity index (χ0n) is 19.4. The lowest BCUT2D eigenvalue weighted by Crippen LogP contribution is -2.49. The Kier molecular flexibility index (Phi) is 7.81. The van der Waals surface area contributed by atoms with Gasteiger partial charge < -0.3 is 19.7 Å². The molecule has 0 aromatic heterocycles. The summed E-state index contributed by atoms with van der Waals surface area (Å²) in [5.74, 6) is 3.27. The molecule has 1 aromatic carbocycles. The molecule has 8 heteroatoms. The third-order valence-corrected chi connectivity index (χ3v) is 5.66. The molecule has 0 radical (unpaired) electrons. The number of piperazine rings is 1. The van der Waals surface area contributed by atoms with Crippen LogP contribution in [-0.4, -0.2) is 72.9 Å². The van der Waals surface area contributed by atoms with Gasteiger partial charge in [-0.05, 0) is 50.4 Å². The molecule has 0 unspecified atom stereocenters. The fourth-order valence-electron chi connectivity index (χ4n) is 3.22. The second kappa shape index (κ2) is 9.56. The largest absolute Gasteiger partial charge is 0.488 e. The van der Waals surface area contributed by atoms with E-state index in [0.717, 1.165) is 29.8 Å². The lowest BCUT2D eigenvalue weighted by molar-refractivity contribution is 0.0139. The zero-order chi connectivity index (χ0) is 22.7. The highest BCUT2D eigenvalue weighted by Crippen LogP contribution is 2.15. The Bertz CT molecular complexity index is 827. The van der Waals surface area contributed by atoms with Gasteiger partial charge in [0.25, 0.3) is 0 Å². The molecule has 0 bridgehead atoms. The van der Waals surface area contributed by atoms with Crippen LogP contribution < -0.4 is 5.46 Å². The number of benzene rings is 1. The molecule has 1 aromatic rings. The standard InChI is InChI=1S/C22H35BN2O4Si/c1-17-19(8-13-30(5,6)7)14-18(15-20(17)23(27)28)16-24-9-11-25(12-10-24)21(26)29-22(2,3)4/h14-15,27-28H,9-12,16H2,1-7H3. The topological polar surface area (TPSA) is 73.2 Å². The SMILES string of the molecule is Cc1c(C#C[Si](C)(C)C)cc(CN2CCN(C(=O)OC(C)(C)C)CC2)cc1B(O)O. The molecule has 0 spiro atoms. The van der Waals surface area contributed by atoms with E-state index in [1.807, 2.05) is 33.8 Å². The number of carbonyl (C=O) groups is 1. The Morgan fingerprint density at radius 2 is 1.77 bits per heavy atom. The Morgan fingerprint density at radius 1 is 1.17 bits per heavy atom. The molecule has 6 nitrogen and oxygen atoms in total. The summed E-state index contributed by atoms with van der Waals surface area (Å²) in [6.07, 6.45) is -0.271. The highest BCUT2D eigenvalue weighted by Gasteiger charge is 2.26. The predicted molar refractivity (Wildman–Crippen MR) is 124 cm³/mol. The maximum Gasteiger partial charge on any atom is 0.488 e. The molecule has 1 aliphatic rings. The summed E-state index contributed by atoms with van der Waals surface area (Å²) in [7, 11) is -3.08. The Morgan fingerprint density at radius 3 is 2.27 bits per heavy atom. The molecule has 164 valence electrons. The molecule has 0 aliphatic carbocycles. The lowest BCUT2D eigenvalue weighted by atomic mass is 9.75. The first-order chi connectivity index (χ1) is 13.7. The second-order valence-electron chi connectivity index (χ2n) is 9.97. The summed E-state index contributed by atoms with van der Waals surface area (Å²) < 4.78 is 5.46. The molecule has 0 saturated carbocycles. The number of ether oxygens (including phenoxy) is 1. The fourth-order valence-corrected chi connectivity index (χ4v) is 3.73. The van der Waals surface area contributed by atoms with E-state index in [1.54, 1.807) is 4.90 Å². The molecule has 2 N–H and O–H groups in total. The number of amides is 1. The van der Waals surface area contributed by atoms with Crippen molar-refractivity contribution in [3.05, 3.63) is 28.8 Å². The first-order valence-corrected chi connectivity index (χ1v) is 14.0. The Hall–Kier alpha value is -1.79. The van der Waals surface area contributed by atoms with E-state index in [1.165, 1.54) is 0 Å². The van der Waals surface area contributed by atoms with Crippen LogP contribution in [0.25, 0.3) is 0 Å². The van der Waals surface area contributed by atoms with E-state index in [2.05, 4.69) is 42.1 Å². The first-order valence-electron chi connectivity index (χ1n) is 10.5. The van der Waals surface area contributed by atoms with Crippen LogP contribution in [-0.2, 0) is 11.3 Å². The smallest absolute Gasteiger partial charge is 0.444 e. The van der Waals surface area contributed by atoms with E-state index in [4.69, 9.17) is 4.74 Å². The van der Waals surface area contributed by atoms with E-state index < -0.39 is 20.8 Å². The monoisotopic (exact) mass is 430 g/mol. The molecule has 1 amide bonds. The van der Waals surface area contributed by atoms with Crippen molar-refractivity contribution < 1.29 is 19.6 Å². The van der Waals surface area contributed by atoms with Crippen LogP contribution in [0.2, 0.25) is 19.6 Å². The lowest BCUT2D eigenvalue weighted by Gasteiger charge is -2.35. The normalized spacial score (nSPS) is 15.4. The quantitative estimate of drug-likeness (QED) is 0.567. The van der Waals surface area contributed by atoms with E-state index in [-0.39, 0.29) is 6.09 Å². The van der Waals surface area contributed by atoms with Gasteiger partial charge in [0.2, 0.25) is 0 Å². The summed E-state index contributed by atoms with van der Waals surface area (Å²) >= 11 is 0. The molecular formula is C22H35BN2O4Si. The second-order valence-corrected chi connectivity index (χ2v) is 14.7. The van der Waals surface area contributed by atoms with Gasteiger partial charge >= 0.3 is 13.2 Å². The average Bonchev–Trinajstić information content (AvgIpc) is 2.60. The molecule has 2 rings (SSSR count). The first kappa shape index (κ1) is 24.5. The Balaban J connectivity index is 2.12. The molecule has 30 heavy (non-hydrogen) atoms. The summed E-state index contributed by atoms with van der Waals surface area (Å²) in [4.78, 5) is 16.3. The van der Waals surface area contributed by atoms with Gasteiger partial charge in [-0.2, -0.15) is 0 Å². The number of hydrogen-bond acceptors (Lipinski definition) is 5. The van der Waals surface area contributed by atoms with Gasteiger partial charge in [-0.25, -0.2) is 4.79 Å². The van der Waals surface area contributed by atoms with Crippen LogP contribution >= 0.6 is 0 Å². The zero-order valence-corrected chi connectivity index (χ0v) is 20.4. The van der Waals surface area contributed by atoms with Gasteiger partial charge in [0.05, 0.1) is 0 Å². The molecule has 1 aliphatic heterocycles. The van der Waals surface area contributed by atoms with Crippen molar-refractivity contribution in [1.29, 1.82) is 0 Å². The van der Waals surface area contributed by atoms with Crippen LogP contribution in [0, 0.1) is 18.4 Å². The maximum atomic E-state index is 12.3. The highest BCUT2D eigenvalue weighted by atomic mass is 28.3. The van der Waals surface area contributed by atoms with Crippen molar-refractivity contribution in [2.24, 2.45) is 0 Å². The third-order valence-electron chi connectivity index (χ3n) is 4.79. The van der Waals surface area contributed by atoms with Gasteiger partial charge in [-0.1, -0.05) is 31.6 Å². The highest BCUT2D eigenvalue weighted by molar-refractivity contribution is 6.83. The average molecular weight is 430 g/mol. The number of nitrogens with zero attached hydrogens (tertiary/aromatic N) is 2. The summed E-state index contributed by atoms with van der Waals surface area (Å²) in [6.45, 7) is 17.4. The van der Waals surface area contributed by atoms with Gasteiger partial charge in [0.15, 0.2) is 0 Å². The van der Waals surface area contributed by atoms with E-state index in [0.29, 0.717) is 25.1 Å². The van der Waals surface area contributed by atoms with E-state index in [9.17, 15) is 14.8 Å². The Labute approximate surface area is 182 Å². The predicted octanol–water partition coefficient (Wildman–Crippen LogP) is 1.96. The summed E-state index contributed by atoms with van der Waals surface area (Å²) in [5.41, 5.74) is 6.03. The minimum absolute atomic E-state index is 0.271. The van der Waals surface area contributed by atoms with Crippen LogP contribution in [0.5, 0.6) is 0 Å². The van der Waals surface area contributed by atoms with E-state index >= 15 is 0 Å². The van der Waals surface area contributed by atoms with Crippen molar-refractivity contribution in [2.45, 2.75) is 59.5 Å². The molecule has 1 fully saturated rings. The minimum Gasteiger partial charge on any atom is -0.444 e. The van der Waals surface area contributed by atoms with Gasteiger partial charge in [-0.15, -0.1) is 5.54 Å². The fraction of sp³-hybridized carbons (Fsp3) is 0.591. The number of carbonyl (C=O) groups excluding carboxylic acids is 1. The van der Waals surface area contributed by atoms with Gasteiger partial charge in [0.1, 0.15) is 13.7 Å². The molecule has 0 atom stereocenters. The van der Waals surface area contributed by atoms with Crippen LogP contribution in [0.1, 0.15) is 37.5 Å². The summed E-state index contributed by atoms with van der Waals surface area (Å²) in [6, 6.07) is 3.90. The molecule has 1 saturated heterocycles. The van der Waals surface area contributed by atoms with Gasteiger partial charge in [-0.3, -0.25) is 4.90 Å². The van der Waals surface area contributed by atoms with Crippen molar-refractivity contribution in [3.8, 4) is 11.5 Å². The van der Waals surface area contributed by atoms with Crippen LogP contribution in [0.3, 0.4) is 0 Å². The van der Waals surface area contributed by atoms with Crippen molar-refractivity contribution in [2.75, 3.05) is 26.2 Å². The third kappa shape index (κ3) is 7.47. The van der Waals surface area contributed by atoms with Gasteiger partial charge in [0, 0.05) is 38.3 Å². The molecule has 1 heterocycles. The van der Waals surface area contributed by atoms with Crippen LogP contribution in [0.4, 0.5) is 4.79 Å². The molecular weight excluding hydrogens is 395 g/mol. The van der Waals surface area contributed by atoms with Crippen LogP contribution in [0.15, 0.2) is 12.1 Å². The van der Waals surface area contributed by atoms with Crippen molar-refractivity contribution in [3.63, 3.8) is 0 Å². The number of rotatable bonds is 3. The van der Waals surface area contributed by atoms with Crippen molar-refractivity contribution in [1.82, 2.24) is 9.80 Å². The number of hydrogen-bond donors (Lipinski definition) is 2. The maximum absolute atomic E-state index is 12.3. The minimum atomic E-state index is -1.55.